The number of carbonyl (C=O) groups excluding carboxylic acids is 4. The lowest BCUT2D eigenvalue weighted by atomic mass is 9.85. The van der Waals surface area contributed by atoms with Crippen LogP contribution in [0.15, 0.2) is 24.3 Å². The van der Waals surface area contributed by atoms with Gasteiger partial charge in [0.1, 0.15) is 18.1 Å². The number of aryl methyl sites for hydroxylation is 1. The third-order valence-corrected chi connectivity index (χ3v) is 7.70. The largest absolute Gasteiger partial charge is 0.465 e. The van der Waals surface area contributed by atoms with Gasteiger partial charge in [0.25, 0.3) is 5.91 Å². The quantitative estimate of drug-likeness (QED) is 0.376. The molecule has 1 fully saturated rings. The smallest absolute Gasteiger partial charge is 0.407 e. The summed E-state index contributed by atoms with van der Waals surface area (Å²) in [5, 5.41) is 17.8. The maximum atomic E-state index is 14.0. The summed E-state index contributed by atoms with van der Waals surface area (Å²) in [4.78, 5) is 66.2. The molecule has 1 saturated heterocycles. The Bertz CT molecular complexity index is 1200. The molecule has 5 amide bonds. The molecule has 0 radical (unpaired) electrons. The summed E-state index contributed by atoms with van der Waals surface area (Å²) in [5.41, 5.74) is 1.44. The van der Waals surface area contributed by atoms with Crippen LogP contribution >= 0.6 is 0 Å². The van der Waals surface area contributed by atoms with Crippen molar-refractivity contribution < 1.29 is 29.1 Å². The van der Waals surface area contributed by atoms with Gasteiger partial charge < -0.3 is 26.0 Å². The summed E-state index contributed by atoms with van der Waals surface area (Å²) in [6, 6.07) is 4.13. The first-order valence-corrected chi connectivity index (χ1v) is 13.5. The number of nitrogens with zero attached hydrogens (tertiary/aromatic N) is 2. The van der Waals surface area contributed by atoms with E-state index in [9.17, 15) is 29.1 Å². The summed E-state index contributed by atoms with van der Waals surface area (Å²) < 4.78 is 0. The molecule has 0 aromatic heterocycles. The van der Waals surface area contributed by atoms with Gasteiger partial charge >= 0.3 is 6.09 Å². The van der Waals surface area contributed by atoms with E-state index in [4.69, 9.17) is 6.42 Å². The highest BCUT2D eigenvalue weighted by molar-refractivity contribution is 5.96. The molecule has 1 aromatic rings. The third-order valence-electron chi connectivity index (χ3n) is 7.70. The monoisotopic (exact) mass is 553 g/mol. The highest BCUT2D eigenvalue weighted by Crippen LogP contribution is 2.31. The van der Waals surface area contributed by atoms with Gasteiger partial charge in [-0.05, 0) is 55.1 Å². The van der Waals surface area contributed by atoms with Crippen LogP contribution in [-0.4, -0.2) is 82.4 Å². The van der Waals surface area contributed by atoms with E-state index in [0.717, 1.165) is 29.7 Å². The third kappa shape index (κ3) is 6.92. The molecule has 0 saturated carbocycles. The van der Waals surface area contributed by atoms with Crippen molar-refractivity contribution >= 4 is 29.7 Å². The van der Waals surface area contributed by atoms with Gasteiger partial charge in [-0.1, -0.05) is 45.0 Å². The van der Waals surface area contributed by atoms with Crippen molar-refractivity contribution in [2.75, 3.05) is 13.6 Å². The van der Waals surface area contributed by atoms with Crippen molar-refractivity contribution in [3.8, 4) is 12.3 Å². The molecule has 2 aliphatic rings. The van der Waals surface area contributed by atoms with Crippen LogP contribution in [0.25, 0.3) is 0 Å². The molecule has 1 aliphatic heterocycles. The number of amides is 5. The maximum Gasteiger partial charge on any atom is 0.407 e. The summed E-state index contributed by atoms with van der Waals surface area (Å²) >= 11 is 0. The SMILES string of the molecule is C#CC(=O)N[C@H]1C[C@@H](C(=O)N[C@@H]2CCCc3ccccc32)N(C(=O)C(NC(=O)C(C)N(C)C(=O)O)C(C)(C)C)C1. The molecule has 40 heavy (non-hydrogen) atoms. The van der Waals surface area contributed by atoms with Crippen molar-refractivity contribution in [2.45, 2.75) is 83.6 Å². The van der Waals surface area contributed by atoms with Gasteiger partial charge in [-0.2, -0.15) is 0 Å². The van der Waals surface area contributed by atoms with Gasteiger partial charge in [-0.15, -0.1) is 6.42 Å². The van der Waals surface area contributed by atoms with E-state index in [-0.39, 0.29) is 24.9 Å². The number of terminal acetylenes is 1. The van der Waals surface area contributed by atoms with E-state index in [1.54, 1.807) is 20.8 Å². The van der Waals surface area contributed by atoms with Crippen molar-refractivity contribution in [3.63, 3.8) is 0 Å². The molecule has 5 atom stereocenters. The predicted octanol–water partition coefficient (Wildman–Crippen LogP) is 1.43. The highest BCUT2D eigenvalue weighted by atomic mass is 16.4. The van der Waals surface area contributed by atoms with Gasteiger partial charge in [0.05, 0.1) is 6.04 Å². The van der Waals surface area contributed by atoms with Gasteiger partial charge in [-0.25, -0.2) is 4.79 Å². The molecule has 1 aromatic carbocycles. The zero-order chi connectivity index (χ0) is 29.8. The van der Waals surface area contributed by atoms with Crippen LogP contribution in [0.2, 0.25) is 0 Å². The summed E-state index contributed by atoms with van der Waals surface area (Å²) in [6.07, 6.45) is 6.70. The zero-order valence-corrected chi connectivity index (χ0v) is 23.7. The summed E-state index contributed by atoms with van der Waals surface area (Å²) in [6.45, 7) is 6.75. The predicted molar refractivity (Wildman–Crippen MR) is 148 cm³/mol. The molecular weight excluding hydrogens is 514 g/mol. The second kappa shape index (κ2) is 12.4. The van der Waals surface area contributed by atoms with E-state index < -0.39 is 53.4 Å². The minimum atomic E-state index is -1.28. The lowest BCUT2D eigenvalue weighted by molar-refractivity contribution is -0.144. The minimum Gasteiger partial charge on any atom is -0.465 e. The van der Waals surface area contributed by atoms with Gasteiger partial charge in [0.2, 0.25) is 17.7 Å². The van der Waals surface area contributed by atoms with E-state index in [1.165, 1.54) is 24.4 Å². The second-order valence-corrected chi connectivity index (χ2v) is 11.6. The first kappa shape index (κ1) is 30.5. The fourth-order valence-corrected chi connectivity index (χ4v) is 5.25. The Hall–Kier alpha value is -4.07. The first-order valence-electron chi connectivity index (χ1n) is 13.5. The van der Waals surface area contributed by atoms with Gasteiger partial charge in [0.15, 0.2) is 0 Å². The van der Waals surface area contributed by atoms with Gasteiger partial charge in [0, 0.05) is 19.6 Å². The molecule has 1 aliphatic carbocycles. The number of likely N-dealkylation sites (N-methyl/N-ethyl adjacent to an activating group) is 1. The minimum absolute atomic E-state index is 0.0264. The molecule has 4 N–H and O–H groups in total. The molecule has 1 heterocycles. The topological polar surface area (TPSA) is 148 Å². The van der Waals surface area contributed by atoms with E-state index in [0.29, 0.717) is 0 Å². The molecule has 3 rings (SSSR count). The van der Waals surface area contributed by atoms with Crippen molar-refractivity contribution in [1.82, 2.24) is 25.8 Å². The molecule has 2 unspecified atom stereocenters. The molecule has 0 bridgehead atoms. The Labute approximate surface area is 235 Å². The Balaban J connectivity index is 1.87. The molecular formula is C29H39N5O6. The number of benzene rings is 1. The first-order chi connectivity index (χ1) is 18.7. The number of carbonyl (C=O) groups is 5. The van der Waals surface area contributed by atoms with Crippen LogP contribution in [-0.2, 0) is 25.6 Å². The zero-order valence-electron chi connectivity index (χ0n) is 23.7. The van der Waals surface area contributed by atoms with Crippen LogP contribution in [0, 0.1) is 17.8 Å². The Morgan fingerprint density at radius 3 is 2.45 bits per heavy atom. The number of rotatable bonds is 7. The average molecular weight is 554 g/mol. The summed E-state index contributed by atoms with van der Waals surface area (Å²) in [5.74, 6) is -0.156. The number of fused-ring (bicyclic) bond motifs is 1. The van der Waals surface area contributed by atoms with E-state index in [2.05, 4.69) is 16.0 Å². The number of nitrogens with one attached hydrogen (secondary N) is 3. The molecule has 11 heteroatoms. The van der Waals surface area contributed by atoms with Crippen LogP contribution < -0.4 is 16.0 Å². The number of hydrogen-bond acceptors (Lipinski definition) is 5. The van der Waals surface area contributed by atoms with Crippen LogP contribution in [0.5, 0.6) is 0 Å². The number of hydrogen-bond donors (Lipinski definition) is 4. The van der Waals surface area contributed by atoms with Crippen molar-refractivity contribution in [1.29, 1.82) is 0 Å². The second-order valence-electron chi connectivity index (χ2n) is 11.6. The van der Waals surface area contributed by atoms with Gasteiger partial charge in [-0.3, -0.25) is 24.1 Å². The number of carboxylic acid groups (broad SMARTS) is 1. The lowest BCUT2D eigenvalue weighted by Gasteiger charge is -2.37. The Morgan fingerprint density at radius 2 is 1.82 bits per heavy atom. The lowest BCUT2D eigenvalue weighted by Crippen LogP contribution is -2.60. The van der Waals surface area contributed by atoms with Crippen molar-refractivity contribution in [2.24, 2.45) is 5.41 Å². The van der Waals surface area contributed by atoms with Crippen LogP contribution in [0.3, 0.4) is 0 Å². The maximum absolute atomic E-state index is 14.0. The molecule has 11 nitrogen and oxygen atoms in total. The molecule has 0 spiro atoms. The van der Waals surface area contributed by atoms with E-state index >= 15 is 0 Å². The Kier molecular flexibility index (Phi) is 9.45. The molecule has 216 valence electrons. The highest BCUT2D eigenvalue weighted by Gasteiger charge is 2.46. The average Bonchev–Trinajstić information content (AvgIpc) is 3.33. The van der Waals surface area contributed by atoms with E-state index in [1.807, 2.05) is 30.2 Å². The van der Waals surface area contributed by atoms with Crippen molar-refractivity contribution in [3.05, 3.63) is 35.4 Å². The number of likely N-dealkylation sites (tertiary alicyclic amines) is 1. The van der Waals surface area contributed by atoms with Crippen LogP contribution in [0.1, 0.15) is 64.1 Å². The normalized spacial score (nSPS) is 21.7. The Morgan fingerprint density at radius 1 is 1.15 bits per heavy atom. The fourth-order valence-electron chi connectivity index (χ4n) is 5.25. The standard InChI is InChI=1S/C29H39N5O6/c1-7-23(35)30-19-15-22(26(37)31-21-14-10-12-18-11-8-9-13-20(18)21)34(16-19)27(38)24(29(3,4)5)32-25(36)17(2)33(6)28(39)40/h1,8-9,11,13,17,19,21-22,24H,10,12,14-16H2,2-6H3,(H,30,35)(H,31,37)(H,32,36)(H,39,40)/t17?,19-,21+,22-,24?/m0/s1. The fraction of sp³-hybridized carbons (Fsp3) is 0.552. The van der Waals surface area contributed by atoms with Crippen LogP contribution in [0.4, 0.5) is 4.79 Å². The summed E-state index contributed by atoms with van der Waals surface area (Å²) in [7, 11) is 1.27.